The van der Waals surface area contributed by atoms with Crippen molar-refractivity contribution in [1.82, 2.24) is 10.6 Å². The van der Waals surface area contributed by atoms with E-state index in [-0.39, 0.29) is 6.03 Å². The van der Waals surface area contributed by atoms with E-state index in [0.717, 1.165) is 54.5 Å². The van der Waals surface area contributed by atoms with Crippen LogP contribution in [0.1, 0.15) is 70.8 Å². The average Bonchev–Trinajstić information content (AvgIpc) is 2.87. The molecule has 6 heteroatoms. The van der Waals surface area contributed by atoms with Crippen LogP contribution in [0.5, 0.6) is 0 Å². The van der Waals surface area contributed by atoms with E-state index < -0.39 is 12.0 Å². The first-order valence-electron chi connectivity index (χ1n) is 13.1. The van der Waals surface area contributed by atoms with E-state index in [9.17, 15) is 14.7 Å². The minimum Gasteiger partial charge on any atom is -0.480 e. The second kappa shape index (κ2) is 15.9. The van der Waals surface area contributed by atoms with E-state index in [2.05, 4.69) is 24.5 Å². The normalized spacial score (nSPS) is 11.7. The lowest BCUT2D eigenvalue weighted by Crippen LogP contribution is -2.41. The summed E-state index contributed by atoms with van der Waals surface area (Å²) in [6.07, 6.45) is 9.08. The van der Waals surface area contributed by atoms with Gasteiger partial charge in [0.25, 0.3) is 0 Å². The predicted octanol–water partition coefficient (Wildman–Crippen LogP) is 6.25. The Bertz CT molecular complexity index is 901. The number of urea groups is 1. The van der Waals surface area contributed by atoms with Crippen LogP contribution in [0.4, 0.5) is 10.5 Å². The fraction of sp³-hybridized carbons (Fsp3) is 0.517. The van der Waals surface area contributed by atoms with E-state index in [4.69, 9.17) is 0 Å². The summed E-state index contributed by atoms with van der Waals surface area (Å²) in [7, 11) is 1.75. The van der Waals surface area contributed by atoms with Crippen molar-refractivity contribution >= 4 is 17.7 Å². The molecule has 2 amide bonds. The van der Waals surface area contributed by atoms with Crippen LogP contribution in [-0.2, 0) is 11.2 Å². The van der Waals surface area contributed by atoms with Crippen LogP contribution in [0.3, 0.4) is 0 Å². The molecule has 0 bridgehead atoms. The van der Waals surface area contributed by atoms with Crippen molar-refractivity contribution in [2.45, 2.75) is 77.7 Å². The number of hydrogen-bond acceptors (Lipinski definition) is 3. The monoisotopic (exact) mass is 481 g/mol. The van der Waals surface area contributed by atoms with Gasteiger partial charge in [0.2, 0.25) is 0 Å². The topological polar surface area (TPSA) is 81.7 Å². The molecule has 6 nitrogen and oxygen atoms in total. The summed E-state index contributed by atoms with van der Waals surface area (Å²) in [6.45, 7) is 5.61. The van der Waals surface area contributed by atoms with Gasteiger partial charge in [-0.05, 0) is 42.1 Å². The van der Waals surface area contributed by atoms with Crippen LogP contribution in [0.2, 0.25) is 0 Å². The van der Waals surface area contributed by atoms with Gasteiger partial charge in [0, 0.05) is 25.7 Å². The number of hydrogen-bond donors (Lipinski definition) is 3. The van der Waals surface area contributed by atoms with Gasteiger partial charge in [-0.3, -0.25) is 9.69 Å². The van der Waals surface area contributed by atoms with Crippen molar-refractivity contribution in [2.75, 3.05) is 25.0 Å². The number of nitrogens with one attached hydrogen (secondary N) is 2. The van der Waals surface area contributed by atoms with Crippen LogP contribution in [0.25, 0.3) is 11.1 Å². The molecule has 0 fully saturated rings. The minimum atomic E-state index is -0.876. The van der Waals surface area contributed by atoms with Crippen molar-refractivity contribution in [3.05, 3.63) is 54.1 Å². The number of carbonyl (C=O) groups is 2. The molecule has 2 aromatic carbocycles. The number of aliphatic carboxylic acids is 1. The largest absolute Gasteiger partial charge is 0.480 e. The van der Waals surface area contributed by atoms with E-state index in [1.807, 2.05) is 48.5 Å². The highest BCUT2D eigenvalue weighted by Gasteiger charge is 2.22. The number of carboxylic acid groups (broad SMARTS) is 1. The number of rotatable bonds is 16. The number of carbonyl (C=O) groups excluding carboxylic acids is 1. The van der Waals surface area contributed by atoms with Crippen LogP contribution < -0.4 is 15.5 Å². The van der Waals surface area contributed by atoms with Crippen molar-refractivity contribution in [3.8, 4) is 11.1 Å². The summed E-state index contributed by atoms with van der Waals surface area (Å²) in [5.74, 6) is -0.876. The highest BCUT2D eigenvalue weighted by atomic mass is 16.4. The van der Waals surface area contributed by atoms with Gasteiger partial charge in [-0.15, -0.1) is 0 Å². The summed E-state index contributed by atoms with van der Waals surface area (Å²) < 4.78 is 0. The molecule has 0 saturated carbocycles. The smallest absolute Gasteiger partial charge is 0.321 e. The molecule has 0 heterocycles. The third-order valence-electron chi connectivity index (χ3n) is 6.31. The van der Waals surface area contributed by atoms with Crippen LogP contribution in [0, 0.1) is 0 Å². The first-order valence-corrected chi connectivity index (χ1v) is 13.1. The Kier molecular flexibility index (Phi) is 12.9. The lowest BCUT2D eigenvalue weighted by Gasteiger charge is -2.24. The van der Waals surface area contributed by atoms with Crippen LogP contribution in [0.15, 0.2) is 48.5 Å². The summed E-state index contributed by atoms with van der Waals surface area (Å²) >= 11 is 0. The summed E-state index contributed by atoms with van der Waals surface area (Å²) in [5, 5.41) is 16.0. The molecule has 0 saturated heterocycles. The maximum Gasteiger partial charge on any atom is 0.321 e. The van der Waals surface area contributed by atoms with Gasteiger partial charge in [0.15, 0.2) is 0 Å². The molecule has 2 aromatic rings. The van der Waals surface area contributed by atoms with Gasteiger partial charge >= 0.3 is 12.0 Å². The molecule has 35 heavy (non-hydrogen) atoms. The molecule has 192 valence electrons. The van der Waals surface area contributed by atoms with E-state index >= 15 is 0 Å². The lowest BCUT2D eigenvalue weighted by atomic mass is 9.98. The Morgan fingerprint density at radius 2 is 1.51 bits per heavy atom. The Morgan fingerprint density at radius 3 is 2.20 bits per heavy atom. The molecule has 0 spiro atoms. The van der Waals surface area contributed by atoms with E-state index in [0.29, 0.717) is 19.5 Å². The Balaban J connectivity index is 2.20. The van der Waals surface area contributed by atoms with Gasteiger partial charge < -0.3 is 15.7 Å². The van der Waals surface area contributed by atoms with Gasteiger partial charge in [-0.1, -0.05) is 94.8 Å². The third kappa shape index (κ3) is 9.73. The zero-order chi connectivity index (χ0) is 25.5. The molecular weight excluding hydrogens is 438 g/mol. The first-order chi connectivity index (χ1) is 17.0. The van der Waals surface area contributed by atoms with E-state index in [1.54, 1.807) is 11.9 Å². The number of carboxylic acids is 1. The zero-order valence-electron chi connectivity index (χ0n) is 21.7. The fourth-order valence-electron chi connectivity index (χ4n) is 4.13. The minimum absolute atomic E-state index is 0.172. The first kappa shape index (κ1) is 28.4. The number of unbranched alkanes of at least 4 members (excludes halogenated alkanes) is 6. The van der Waals surface area contributed by atoms with Crippen LogP contribution >= 0.6 is 0 Å². The van der Waals surface area contributed by atoms with Gasteiger partial charge in [0.1, 0.15) is 6.04 Å². The van der Waals surface area contributed by atoms with Gasteiger partial charge in [-0.2, -0.15) is 0 Å². The molecule has 1 unspecified atom stereocenters. The fourth-order valence-corrected chi connectivity index (χ4v) is 4.13. The summed E-state index contributed by atoms with van der Waals surface area (Å²) in [4.78, 5) is 26.6. The van der Waals surface area contributed by atoms with Crippen LogP contribution in [-0.4, -0.2) is 43.3 Å². The van der Waals surface area contributed by atoms with Gasteiger partial charge in [0.05, 0.1) is 0 Å². The molecule has 0 aromatic heterocycles. The highest BCUT2D eigenvalue weighted by molar-refractivity contribution is 5.93. The molecule has 3 N–H and O–H groups in total. The molecule has 0 aliphatic carbocycles. The Labute approximate surface area is 211 Å². The second-order valence-corrected chi connectivity index (χ2v) is 9.17. The maximum absolute atomic E-state index is 13.0. The van der Waals surface area contributed by atoms with Crippen molar-refractivity contribution in [1.29, 1.82) is 0 Å². The molecule has 1 atom stereocenters. The quantitative estimate of drug-likeness (QED) is 0.248. The molecular formula is C29H43N3O3. The molecule has 0 radical (unpaired) electrons. The number of anilines is 1. The molecule has 0 aliphatic rings. The van der Waals surface area contributed by atoms with Crippen molar-refractivity contribution in [3.63, 3.8) is 0 Å². The Morgan fingerprint density at radius 1 is 0.857 bits per heavy atom. The Hall–Kier alpha value is -2.86. The standard InChI is InChI=1S/C29H43N3O3/c1-4-6-8-9-14-20-31-29(35)32(3)27-22-24(23-15-11-10-12-16-23)17-18-25(27)21-26(28(33)34)30-19-13-7-5-2/h10-12,15-18,22,26,30H,4-9,13-14,19-21H2,1-3H3,(H,31,35)(H,33,34). The number of amides is 2. The van der Waals surface area contributed by atoms with Gasteiger partial charge in [-0.25, -0.2) is 4.79 Å². The van der Waals surface area contributed by atoms with Crippen molar-refractivity contribution < 1.29 is 14.7 Å². The summed E-state index contributed by atoms with van der Waals surface area (Å²) in [6, 6.07) is 15.1. The summed E-state index contributed by atoms with van der Waals surface area (Å²) in [5.41, 5.74) is 3.61. The molecule has 0 aliphatic heterocycles. The maximum atomic E-state index is 13.0. The zero-order valence-corrected chi connectivity index (χ0v) is 21.7. The lowest BCUT2D eigenvalue weighted by molar-refractivity contribution is -0.139. The highest BCUT2D eigenvalue weighted by Crippen LogP contribution is 2.29. The SMILES string of the molecule is CCCCCCCNC(=O)N(C)c1cc(-c2ccccc2)ccc1CC(NCCCCC)C(=O)O. The number of benzene rings is 2. The second-order valence-electron chi connectivity index (χ2n) is 9.17. The number of nitrogens with zero attached hydrogens (tertiary/aromatic N) is 1. The third-order valence-corrected chi connectivity index (χ3v) is 6.31. The van der Waals surface area contributed by atoms with Crippen molar-refractivity contribution in [2.24, 2.45) is 0 Å². The predicted molar refractivity (Wildman–Crippen MR) is 145 cm³/mol. The molecule has 2 rings (SSSR count). The van der Waals surface area contributed by atoms with E-state index in [1.165, 1.54) is 19.3 Å². The average molecular weight is 482 g/mol.